The van der Waals surface area contributed by atoms with Gasteiger partial charge in [0.05, 0.1) is 24.5 Å². The Hall–Kier alpha value is -1.44. The minimum atomic E-state index is -0.519. The lowest BCUT2D eigenvalue weighted by atomic mass is 9.52. The number of piperidine rings is 1. The maximum absolute atomic E-state index is 14.4. The van der Waals surface area contributed by atoms with Crippen LogP contribution in [0.4, 0.5) is 0 Å². The summed E-state index contributed by atoms with van der Waals surface area (Å²) >= 11 is 3.82. The summed E-state index contributed by atoms with van der Waals surface area (Å²) in [5, 5.41) is 18.1. The van der Waals surface area contributed by atoms with Gasteiger partial charge >= 0.3 is 5.97 Å². The van der Waals surface area contributed by atoms with E-state index in [0.29, 0.717) is 24.4 Å². The fourth-order valence-electron chi connectivity index (χ4n) is 9.06. The molecule has 4 bridgehead atoms. The molecule has 190 valence electrons. The average Bonchev–Trinajstić information content (AvgIpc) is 3.05. The molecule has 1 aromatic rings. The molecule has 1 amide bonds. The van der Waals surface area contributed by atoms with Gasteiger partial charge in [-0.25, -0.2) is 0 Å². The van der Waals surface area contributed by atoms with Crippen LogP contribution >= 0.6 is 15.9 Å². The molecule has 4 unspecified atom stereocenters. The first-order valence-corrected chi connectivity index (χ1v) is 14.3. The first-order chi connectivity index (χ1) is 16.8. The predicted molar refractivity (Wildman–Crippen MR) is 136 cm³/mol. The Kier molecular flexibility index (Phi) is 6.05. The summed E-state index contributed by atoms with van der Waals surface area (Å²) in [6.45, 7) is 3.90. The molecule has 1 aliphatic heterocycles. The highest BCUT2D eigenvalue weighted by Crippen LogP contribution is 2.59. The van der Waals surface area contributed by atoms with Crippen LogP contribution in [-0.2, 0) is 19.7 Å². The van der Waals surface area contributed by atoms with Gasteiger partial charge in [0, 0.05) is 21.8 Å². The fraction of sp³-hybridized carbons (Fsp3) is 0.714. The van der Waals surface area contributed by atoms with Crippen molar-refractivity contribution in [2.75, 3.05) is 19.7 Å². The highest BCUT2D eigenvalue weighted by atomic mass is 79.9. The zero-order valence-corrected chi connectivity index (χ0v) is 22.1. The number of rotatable bonds is 5. The normalized spacial score (nSPS) is 38.4. The van der Waals surface area contributed by atoms with E-state index in [4.69, 9.17) is 4.74 Å². The van der Waals surface area contributed by atoms with Gasteiger partial charge in [0.2, 0.25) is 5.91 Å². The lowest BCUT2D eigenvalue weighted by Crippen LogP contribution is -2.63. The molecular formula is C28H37BrN2O4. The van der Waals surface area contributed by atoms with E-state index in [-0.39, 0.29) is 41.6 Å². The highest BCUT2D eigenvalue weighted by Gasteiger charge is 2.59. The van der Waals surface area contributed by atoms with Crippen LogP contribution in [-0.4, -0.2) is 48.3 Å². The van der Waals surface area contributed by atoms with Gasteiger partial charge in [0.25, 0.3) is 0 Å². The van der Waals surface area contributed by atoms with Crippen LogP contribution < -0.4 is 10.6 Å². The lowest BCUT2D eigenvalue weighted by molar-refractivity contribution is -0.150. The molecule has 1 aromatic carbocycles. The largest absolute Gasteiger partial charge is 0.466 e. The van der Waals surface area contributed by atoms with Gasteiger partial charge in [-0.2, -0.15) is 0 Å². The average molecular weight is 546 g/mol. The predicted octanol–water partition coefficient (Wildman–Crippen LogP) is 3.79. The number of benzene rings is 1. The molecule has 7 heteroatoms. The van der Waals surface area contributed by atoms with Crippen molar-refractivity contribution < 1.29 is 19.4 Å². The molecule has 0 radical (unpaired) electrons. The zero-order chi connectivity index (χ0) is 24.4. The third-order valence-corrected chi connectivity index (χ3v) is 10.6. The summed E-state index contributed by atoms with van der Waals surface area (Å²) in [5.74, 6) is 0.683. The Bertz CT molecular complexity index is 1010. The van der Waals surface area contributed by atoms with Gasteiger partial charge in [-0.15, -0.1) is 0 Å². The maximum Gasteiger partial charge on any atom is 0.306 e. The molecule has 35 heavy (non-hydrogen) atoms. The van der Waals surface area contributed by atoms with E-state index in [0.717, 1.165) is 68.1 Å². The minimum absolute atomic E-state index is 0.0914. The summed E-state index contributed by atoms with van der Waals surface area (Å²) in [6, 6.07) is 6.34. The molecule has 5 fully saturated rings. The number of halogens is 1. The highest BCUT2D eigenvalue weighted by molar-refractivity contribution is 9.10. The van der Waals surface area contributed by atoms with Crippen LogP contribution in [0.3, 0.4) is 0 Å². The molecule has 6 nitrogen and oxygen atoms in total. The second-order valence-corrected chi connectivity index (χ2v) is 12.8. The van der Waals surface area contributed by atoms with Gasteiger partial charge in [-0.1, -0.05) is 28.1 Å². The van der Waals surface area contributed by atoms with E-state index in [1.54, 1.807) is 0 Å². The smallest absolute Gasteiger partial charge is 0.306 e. The topological polar surface area (TPSA) is 87.7 Å². The van der Waals surface area contributed by atoms with Crippen molar-refractivity contribution >= 4 is 27.8 Å². The van der Waals surface area contributed by atoms with E-state index >= 15 is 0 Å². The van der Waals surface area contributed by atoms with E-state index < -0.39 is 5.60 Å². The summed E-state index contributed by atoms with van der Waals surface area (Å²) < 4.78 is 6.41. The monoisotopic (exact) mass is 544 g/mol. The number of amides is 1. The molecule has 4 saturated carbocycles. The Morgan fingerprint density at radius 2 is 1.89 bits per heavy atom. The van der Waals surface area contributed by atoms with Crippen LogP contribution in [0.5, 0.6) is 0 Å². The molecule has 3 N–H and O–H groups in total. The number of carbonyl (C=O) groups is 2. The van der Waals surface area contributed by atoms with Crippen molar-refractivity contribution in [3.05, 3.63) is 33.8 Å². The van der Waals surface area contributed by atoms with Crippen molar-refractivity contribution in [2.45, 2.75) is 81.3 Å². The molecule has 0 aromatic heterocycles. The van der Waals surface area contributed by atoms with E-state index in [1.807, 2.05) is 13.0 Å². The minimum Gasteiger partial charge on any atom is -0.466 e. The maximum atomic E-state index is 14.4. The number of hydrogen-bond donors (Lipinski definition) is 3. The first kappa shape index (κ1) is 23.9. The molecule has 6 aliphatic rings. The Morgan fingerprint density at radius 1 is 1.17 bits per heavy atom. The van der Waals surface area contributed by atoms with Crippen molar-refractivity contribution in [3.8, 4) is 0 Å². The molecule has 5 aliphatic carbocycles. The van der Waals surface area contributed by atoms with Gasteiger partial charge in [0.1, 0.15) is 0 Å². The summed E-state index contributed by atoms with van der Waals surface area (Å²) in [4.78, 5) is 27.1. The van der Waals surface area contributed by atoms with E-state index in [2.05, 4.69) is 38.7 Å². The molecule has 4 atom stereocenters. The van der Waals surface area contributed by atoms with E-state index in [9.17, 15) is 14.7 Å². The number of carbonyl (C=O) groups excluding carboxylic acids is 2. The van der Waals surface area contributed by atoms with Gasteiger partial charge in [0.15, 0.2) is 0 Å². The number of nitrogens with one attached hydrogen (secondary N) is 2. The molecular weight excluding hydrogens is 508 g/mol. The van der Waals surface area contributed by atoms with E-state index in [1.165, 1.54) is 5.56 Å². The van der Waals surface area contributed by atoms with Crippen LogP contribution in [0.25, 0.3) is 0 Å². The molecule has 7 rings (SSSR count). The van der Waals surface area contributed by atoms with Crippen LogP contribution in [0.1, 0.15) is 75.3 Å². The number of fused-ring (bicyclic) bond motifs is 2. The zero-order valence-electron chi connectivity index (χ0n) is 20.5. The second-order valence-electron chi connectivity index (χ2n) is 11.9. The Morgan fingerprint density at radius 3 is 2.54 bits per heavy atom. The standard InChI is InChI=1S/C28H37BrN2O4/c1-2-35-22(32)12-20-19-4-3-5-21(29)23(19)28(6-8-30-9-7-28)24(20)26(33)31-25-17-10-16-11-18(25)15-27(34,13-16)14-17/h3-5,16-18,20,24-25,30,34H,2,6-15H2,1H3,(H,31,33). The summed E-state index contributed by atoms with van der Waals surface area (Å²) in [5.41, 5.74) is 1.52. The van der Waals surface area contributed by atoms with Crippen molar-refractivity contribution in [1.82, 2.24) is 10.6 Å². The van der Waals surface area contributed by atoms with Gasteiger partial charge in [-0.3, -0.25) is 9.59 Å². The van der Waals surface area contributed by atoms with Crippen molar-refractivity contribution in [3.63, 3.8) is 0 Å². The third-order valence-electron chi connectivity index (χ3n) is 9.96. The number of esters is 1. The fourth-order valence-corrected chi connectivity index (χ4v) is 9.84. The number of ether oxygens (including phenoxy) is 1. The van der Waals surface area contributed by atoms with Crippen LogP contribution in [0, 0.1) is 23.7 Å². The molecule has 1 spiro atoms. The summed E-state index contributed by atoms with van der Waals surface area (Å²) in [7, 11) is 0. The quantitative estimate of drug-likeness (QED) is 0.491. The Labute approximate surface area is 216 Å². The Balaban J connectivity index is 1.35. The van der Waals surface area contributed by atoms with Gasteiger partial charge < -0.3 is 20.5 Å². The van der Waals surface area contributed by atoms with Crippen molar-refractivity contribution in [2.24, 2.45) is 23.7 Å². The van der Waals surface area contributed by atoms with Gasteiger partial charge in [-0.05, 0) is 99.9 Å². The molecule has 1 heterocycles. The second kappa shape index (κ2) is 8.84. The number of aliphatic hydroxyl groups is 1. The van der Waals surface area contributed by atoms with Crippen LogP contribution in [0.2, 0.25) is 0 Å². The molecule has 1 saturated heterocycles. The lowest BCUT2D eigenvalue weighted by Gasteiger charge is -2.58. The van der Waals surface area contributed by atoms with Crippen LogP contribution in [0.15, 0.2) is 22.7 Å². The summed E-state index contributed by atoms with van der Waals surface area (Å²) in [6.07, 6.45) is 6.75. The number of hydrogen-bond acceptors (Lipinski definition) is 5. The third kappa shape index (κ3) is 3.88. The SMILES string of the molecule is CCOC(=O)CC1c2cccc(Br)c2C2(CCNCC2)C1C(=O)NC1C2CC3CC1CC(O)(C3)C2. The van der Waals surface area contributed by atoms with Crippen molar-refractivity contribution in [1.29, 1.82) is 0 Å². The first-order valence-electron chi connectivity index (χ1n) is 13.5.